The molecule has 0 aromatic carbocycles. The molecular formula is C14H10O2S8Se2. The van der Waals surface area contributed by atoms with Gasteiger partial charge in [-0.05, 0) is 0 Å². The van der Waals surface area contributed by atoms with Gasteiger partial charge >= 0.3 is 188 Å². The van der Waals surface area contributed by atoms with Gasteiger partial charge in [-0.3, -0.25) is 0 Å². The molecule has 5 aliphatic rings. The Morgan fingerprint density at radius 1 is 0.538 bits per heavy atom. The second-order valence-electron chi connectivity index (χ2n) is 4.80. The molecule has 0 spiro atoms. The fourth-order valence-corrected chi connectivity index (χ4v) is 20.2. The number of thioether (sulfide) groups is 8. The first kappa shape index (κ1) is 20.1. The Labute approximate surface area is 199 Å². The van der Waals surface area contributed by atoms with Gasteiger partial charge in [-0.2, -0.15) is 0 Å². The van der Waals surface area contributed by atoms with Crippen LogP contribution in [0, 0.1) is 0 Å². The van der Waals surface area contributed by atoms with Gasteiger partial charge in [0.2, 0.25) is 0 Å². The number of rotatable bonds is 2. The van der Waals surface area contributed by atoms with Crippen molar-refractivity contribution in [3.63, 3.8) is 0 Å². The molecule has 5 aliphatic heterocycles. The van der Waals surface area contributed by atoms with Gasteiger partial charge in [-0.25, -0.2) is 0 Å². The van der Waals surface area contributed by atoms with E-state index in [9.17, 15) is 0 Å². The monoisotopic (exact) mass is 626 g/mol. The number of ether oxygens (including phenoxy) is 2. The number of hydrogen-bond acceptors (Lipinski definition) is 10. The van der Waals surface area contributed by atoms with Crippen molar-refractivity contribution in [2.45, 2.75) is 11.6 Å². The van der Waals surface area contributed by atoms with Crippen LogP contribution in [0.5, 0.6) is 0 Å². The van der Waals surface area contributed by atoms with Gasteiger partial charge in [0, 0.05) is 0 Å². The van der Waals surface area contributed by atoms with E-state index in [4.69, 9.17) is 9.47 Å². The van der Waals surface area contributed by atoms with E-state index in [1.165, 1.54) is 25.4 Å². The van der Waals surface area contributed by atoms with Gasteiger partial charge in [0.15, 0.2) is 0 Å². The molecule has 0 saturated heterocycles. The normalized spacial score (nSPS) is 25.5. The zero-order valence-electron chi connectivity index (χ0n) is 13.3. The summed E-state index contributed by atoms with van der Waals surface area (Å²) < 4.78 is 23.4. The van der Waals surface area contributed by atoms with Gasteiger partial charge in [-0.15, -0.1) is 0 Å². The molecular weight excluding hydrogens is 615 g/mol. The molecule has 12 heteroatoms. The van der Waals surface area contributed by atoms with Gasteiger partial charge in [0.1, 0.15) is 13.2 Å². The van der Waals surface area contributed by atoms with Crippen LogP contribution in [-0.2, 0) is 9.47 Å². The average Bonchev–Trinajstić information content (AvgIpc) is 3.39. The molecule has 0 aromatic rings. The summed E-state index contributed by atoms with van der Waals surface area (Å²) in [5.74, 6) is 4.68. The van der Waals surface area contributed by atoms with E-state index >= 15 is 0 Å². The van der Waals surface area contributed by atoms with E-state index in [1.54, 1.807) is 31.1 Å². The first-order chi connectivity index (χ1) is 12.7. The Morgan fingerprint density at radius 2 is 0.885 bits per heavy atom. The summed E-state index contributed by atoms with van der Waals surface area (Å²) in [7, 11) is 0. The van der Waals surface area contributed by atoms with Crippen LogP contribution in [0.1, 0.15) is 0 Å². The van der Waals surface area contributed by atoms with Crippen LogP contribution in [0.15, 0.2) is 43.2 Å². The van der Waals surface area contributed by atoms with E-state index < -0.39 is 0 Å². The van der Waals surface area contributed by atoms with Crippen molar-refractivity contribution in [2.24, 2.45) is 0 Å². The fraction of sp³-hybridized carbons (Fsp3) is 0.286. The van der Waals surface area contributed by atoms with E-state index in [0.717, 1.165) is 10.2 Å². The summed E-state index contributed by atoms with van der Waals surface area (Å²) in [5, 5.41) is 1.90. The molecule has 2 nitrogen and oxygen atoms in total. The summed E-state index contributed by atoms with van der Waals surface area (Å²) in [6.45, 7) is 1.33. The van der Waals surface area contributed by atoms with Crippen molar-refractivity contribution in [3.05, 3.63) is 43.2 Å². The first-order valence-electron chi connectivity index (χ1n) is 7.23. The standard InChI is InChI=1S/C14H10O2S8Se2/c1-25-13-14(26-2)24-12(23-13)11-21-9-10(22-11)20-8(19-9)7-17-5-6(18-7)16-4-3-15-5/h3-4H2,1-2H3. The Hall–Kier alpha value is 2.14. The minimum absolute atomic E-state index is 0.616. The van der Waals surface area contributed by atoms with Crippen molar-refractivity contribution in [2.75, 3.05) is 13.2 Å². The van der Waals surface area contributed by atoms with Crippen molar-refractivity contribution in [3.8, 4) is 0 Å². The Bertz CT molecular complexity index is 736. The first-order valence-corrected chi connectivity index (χ1v) is 18.9. The fourth-order valence-electron chi connectivity index (χ4n) is 2.16. The molecule has 0 N–H and O–H groups in total. The van der Waals surface area contributed by atoms with Crippen LogP contribution in [-0.4, -0.2) is 43.1 Å². The zero-order chi connectivity index (χ0) is 17.7. The van der Waals surface area contributed by atoms with E-state index in [0.29, 0.717) is 43.1 Å². The predicted octanol–water partition coefficient (Wildman–Crippen LogP) is 7.09. The van der Waals surface area contributed by atoms with Gasteiger partial charge in [0.25, 0.3) is 0 Å². The van der Waals surface area contributed by atoms with E-state index in [2.05, 4.69) is 11.6 Å². The molecule has 0 fully saturated rings. The molecule has 138 valence electrons. The molecule has 0 bridgehead atoms. The van der Waals surface area contributed by atoms with Crippen molar-refractivity contribution < 1.29 is 9.47 Å². The predicted molar refractivity (Wildman–Crippen MR) is 131 cm³/mol. The van der Waals surface area contributed by atoms with Gasteiger partial charge in [0.05, 0.1) is 0 Å². The summed E-state index contributed by atoms with van der Waals surface area (Å²) in [6, 6.07) is 0. The summed E-state index contributed by atoms with van der Waals surface area (Å²) in [4.78, 5) is 0. The average molecular weight is 625 g/mol. The van der Waals surface area contributed by atoms with Crippen molar-refractivity contribution >= 4 is 124 Å². The van der Waals surface area contributed by atoms with Gasteiger partial charge < -0.3 is 0 Å². The van der Waals surface area contributed by atoms with Gasteiger partial charge in [-0.1, -0.05) is 0 Å². The molecule has 0 aliphatic carbocycles. The van der Waals surface area contributed by atoms with Crippen LogP contribution in [0.25, 0.3) is 0 Å². The van der Waals surface area contributed by atoms with E-state index in [-0.39, 0.29) is 0 Å². The SMILES string of the molecule is C[Se]C1=C([Se]C)SC(=C2SC3=C(SC(=C4SC5=C(OCCO5)S4)S3)S2)S1. The van der Waals surface area contributed by atoms with Crippen molar-refractivity contribution in [1.29, 1.82) is 0 Å². The molecule has 0 unspecified atom stereocenters. The topological polar surface area (TPSA) is 18.5 Å². The maximum atomic E-state index is 5.72. The third kappa shape index (κ3) is 3.89. The second-order valence-corrected chi connectivity index (χ2v) is 19.0. The molecule has 5 rings (SSSR count). The Balaban J connectivity index is 1.27. The molecule has 0 atom stereocenters. The quantitative estimate of drug-likeness (QED) is 0.295. The summed E-state index contributed by atoms with van der Waals surface area (Å²) in [5.41, 5.74) is 0. The minimum atomic E-state index is 0.616. The second kappa shape index (κ2) is 8.71. The third-order valence-electron chi connectivity index (χ3n) is 3.24. The zero-order valence-corrected chi connectivity index (χ0v) is 23.3. The summed E-state index contributed by atoms with van der Waals surface area (Å²) >= 11 is 16.6. The van der Waals surface area contributed by atoms with E-state index in [1.807, 2.05) is 70.6 Å². The van der Waals surface area contributed by atoms with Crippen LogP contribution in [0.3, 0.4) is 0 Å². The van der Waals surface area contributed by atoms with Crippen LogP contribution in [0.4, 0.5) is 0 Å². The maximum absolute atomic E-state index is 5.72. The van der Waals surface area contributed by atoms with Crippen LogP contribution < -0.4 is 0 Å². The number of hydrogen-bond donors (Lipinski definition) is 0. The molecule has 0 amide bonds. The molecule has 0 saturated carbocycles. The Kier molecular flexibility index (Phi) is 6.72. The van der Waals surface area contributed by atoms with Crippen LogP contribution in [0.2, 0.25) is 11.6 Å². The molecule has 0 radical (unpaired) electrons. The third-order valence-corrected chi connectivity index (χ3v) is 20.9. The Morgan fingerprint density at radius 3 is 1.27 bits per heavy atom. The van der Waals surface area contributed by atoms with Crippen LogP contribution >= 0.6 is 94.1 Å². The molecule has 5 heterocycles. The molecule has 0 aromatic heterocycles. The molecule has 26 heavy (non-hydrogen) atoms. The van der Waals surface area contributed by atoms with Crippen molar-refractivity contribution in [1.82, 2.24) is 0 Å². The summed E-state index contributed by atoms with van der Waals surface area (Å²) in [6.07, 6.45) is 0.